The van der Waals surface area contributed by atoms with E-state index in [-0.39, 0.29) is 6.04 Å². The van der Waals surface area contributed by atoms with Crippen LogP contribution in [0.15, 0.2) is 30.3 Å². The molecule has 1 unspecified atom stereocenters. The van der Waals surface area contributed by atoms with Crippen molar-refractivity contribution in [3.63, 3.8) is 0 Å². The Kier molecular flexibility index (Phi) is 4.91. The molecule has 29 heavy (non-hydrogen) atoms. The molecule has 4 heterocycles. The highest BCUT2D eigenvalue weighted by molar-refractivity contribution is 5.84. The normalized spacial score (nSPS) is 24.0. The molecule has 1 aromatic carbocycles. The number of hydrogen-bond acceptors (Lipinski definition) is 3. The molecule has 1 aromatic heterocycles. The number of hydrogen-bond donors (Lipinski definition) is 0. The fraction of sp³-hybridized carbons (Fsp3) is 0.625. The zero-order chi connectivity index (χ0) is 20.0. The van der Waals surface area contributed by atoms with Crippen LogP contribution in [-0.2, 0) is 17.9 Å². The third-order valence-corrected chi connectivity index (χ3v) is 7.97. The van der Waals surface area contributed by atoms with Gasteiger partial charge in [0, 0.05) is 24.3 Å². The zero-order valence-corrected chi connectivity index (χ0v) is 17.9. The number of nitrogens with zero attached hydrogens (tertiary/aromatic N) is 4. The predicted octanol–water partition coefficient (Wildman–Crippen LogP) is 3.18. The average molecular weight is 395 g/mol. The summed E-state index contributed by atoms with van der Waals surface area (Å²) in [4.78, 5) is 20.3. The van der Waals surface area contributed by atoms with Gasteiger partial charge in [-0.2, -0.15) is 0 Å². The highest BCUT2D eigenvalue weighted by Gasteiger charge is 2.39. The molecule has 5 nitrogen and oxygen atoms in total. The number of carbonyl (C=O) groups is 1. The number of fused-ring (bicyclic) bond motifs is 3. The first-order chi connectivity index (χ1) is 14.0. The van der Waals surface area contributed by atoms with Crippen molar-refractivity contribution in [1.82, 2.24) is 19.3 Å². The van der Waals surface area contributed by atoms with Crippen LogP contribution in [0.25, 0.3) is 10.9 Å². The lowest BCUT2D eigenvalue weighted by Gasteiger charge is -2.47. The fourth-order valence-corrected chi connectivity index (χ4v) is 5.74. The number of piperidine rings is 2. The molecule has 0 saturated carbocycles. The summed E-state index contributed by atoms with van der Waals surface area (Å²) < 4.78 is 2.38. The molecule has 0 radical (unpaired) electrons. The Hall–Kier alpha value is -1.85. The van der Waals surface area contributed by atoms with Crippen LogP contribution in [0.3, 0.4) is 0 Å². The number of benzene rings is 1. The van der Waals surface area contributed by atoms with Crippen molar-refractivity contribution in [2.24, 2.45) is 5.41 Å². The van der Waals surface area contributed by atoms with E-state index in [2.05, 4.69) is 63.6 Å². The van der Waals surface area contributed by atoms with E-state index in [0.717, 1.165) is 32.7 Å². The number of rotatable bonds is 2. The molecule has 5 rings (SSSR count). The quantitative estimate of drug-likeness (QED) is 0.784. The molecule has 1 spiro atoms. The van der Waals surface area contributed by atoms with E-state index in [1.165, 1.54) is 55.4 Å². The van der Waals surface area contributed by atoms with Crippen LogP contribution in [0, 0.1) is 5.41 Å². The molecule has 2 aromatic rings. The van der Waals surface area contributed by atoms with Gasteiger partial charge >= 0.3 is 0 Å². The maximum atomic E-state index is 13.3. The second-order valence-corrected chi connectivity index (χ2v) is 9.62. The second-order valence-electron chi connectivity index (χ2n) is 9.62. The summed E-state index contributed by atoms with van der Waals surface area (Å²) in [5, 5.41) is 1.28. The van der Waals surface area contributed by atoms with Crippen LogP contribution >= 0.6 is 0 Å². The minimum Gasteiger partial charge on any atom is -0.341 e. The molecule has 0 aliphatic carbocycles. The van der Waals surface area contributed by atoms with Crippen LogP contribution in [-0.4, -0.2) is 71.0 Å². The molecule has 5 heteroatoms. The maximum Gasteiger partial charge on any atom is 0.240 e. The number of carbonyl (C=O) groups excluding carboxylic acids is 1. The molecule has 156 valence electrons. The predicted molar refractivity (Wildman–Crippen MR) is 117 cm³/mol. The van der Waals surface area contributed by atoms with Crippen molar-refractivity contribution in [1.29, 1.82) is 0 Å². The second kappa shape index (κ2) is 7.44. The lowest BCUT2D eigenvalue weighted by atomic mass is 9.71. The van der Waals surface area contributed by atoms with E-state index in [9.17, 15) is 4.79 Å². The molecule has 3 aliphatic rings. The third-order valence-electron chi connectivity index (χ3n) is 7.97. The molecule has 0 bridgehead atoms. The van der Waals surface area contributed by atoms with Crippen LogP contribution in [0.5, 0.6) is 0 Å². The lowest BCUT2D eigenvalue weighted by molar-refractivity contribution is -0.139. The van der Waals surface area contributed by atoms with Crippen LogP contribution in [0.1, 0.15) is 38.3 Å². The third kappa shape index (κ3) is 3.49. The van der Waals surface area contributed by atoms with Gasteiger partial charge < -0.3 is 14.4 Å². The molecular formula is C24H34N4O. The molecule has 2 saturated heterocycles. The van der Waals surface area contributed by atoms with Gasteiger partial charge in [0.05, 0.1) is 12.6 Å². The standard InChI is InChI=1S/C24H34N4O/c1-19(26-13-9-24(10-14-26)7-11-25(2)12-8-24)23(29)27-15-16-28-21(18-27)17-20-5-3-4-6-22(20)28/h3-6,17,19H,7-16,18H2,1-2H3. The molecule has 1 atom stereocenters. The highest BCUT2D eigenvalue weighted by Crippen LogP contribution is 2.41. The number of likely N-dealkylation sites (tertiary alicyclic amines) is 2. The van der Waals surface area contributed by atoms with Crippen molar-refractivity contribution in [2.45, 2.75) is 51.7 Å². The number of amides is 1. The Morgan fingerprint density at radius 1 is 0.966 bits per heavy atom. The van der Waals surface area contributed by atoms with Crippen molar-refractivity contribution >= 4 is 16.8 Å². The number of aromatic nitrogens is 1. The largest absolute Gasteiger partial charge is 0.341 e. The van der Waals surface area contributed by atoms with Gasteiger partial charge in [-0.15, -0.1) is 0 Å². The van der Waals surface area contributed by atoms with E-state index >= 15 is 0 Å². The zero-order valence-electron chi connectivity index (χ0n) is 17.9. The van der Waals surface area contributed by atoms with Crippen molar-refractivity contribution in [3.05, 3.63) is 36.0 Å². The van der Waals surface area contributed by atoms with Gasteiger partial charge in [0.15, 0.2) is 0 Å². The van der Waals surface area contributed by atoms with Gasteiger partial charge in [0.2, 0.25) is 5.91 Å². The van der Waals surface area contributed by atoms with Gasteiger partial charge in [0.1, 0.15) is 0 Å². The maximum absolute atomic E-state index is 13.3. The molecule has 1 amide bonds. The molecule has 0 N–H and O–H groups in total. The number of para-hydroxylation sites is 1. The van der Waals surface area contributed by atoms with Gasteiger partial charge in [-0.25, -0.2) is 0 Å². The first kappa shape index (κ1) is 19.1. The monoisotopic (exact) mass is 394 g/mol. The lowest BCUT2D eigenvalue weighted by Crippen LogP contribution is -2.53. The van der Waals surface area contributed by atoms with E-state index in [1.54, 1.807) is 0 Å². The van der Waals surface area contributed by atoms with E-state index < -0.39 is 0 Å². The summed E-state index contributed by atoms with van der Waals surface area (Å²) in [6.07, 6.45) is 5.17. The fourth-order valence-electron chi connectivity index (χ4n) is 5.74. The Balaban J connectivity index is 1.22. The summed E-state index contributed by atoms with van der Waals surface area (Å²) in [6, 6.07) is 10.8. The summed E-state index contributed by atoms with van der Waals surface area (Å²) >= 11 is 0. The van der Waals surface area contributed by atoms with E-state index in [0.29, 0.717) is 11.3 Å². The highest BCUT2D eigenvalue weighted by atomic mass is 16.2. The van der Waals surface area contributed by atoms with Crippen molar-refractivity contribution in [3.8, 4) is 0 Å². The van der Waals surface area contributed by atoms with Crippen molar-refractivity contribution in [2.75, 3.05) is 39.8 Å². The van der Waals surface area contributed by atoms with Crippen LogP contribution in [0.2, 0.25) is 0 Å². The van der Waals surface area contributed by atoms with Crippen LogP contribution in [0.4, 0.5) is 0 Å². The van der Waals surface area contributed by atoms with Crippen LogP contribution < -0.4 is 0 Å². The van der Waals surface area contributed by atoms with Gasteiger partial charge in [-0.3, -0.25) is 9.69 Å². The van der Waals surface area contributed by atoms with Crippen molar-refractivity contribution < 1.29 is 4.79 Å². The van der Waals surface area contributed by atoms with E-state index in [4.69, 9.17) is 0 Å². The molecule has 2 fully saturated rings. The minimum absolute atomic E-state index is 0.00505. The first-order valence-electron chi connectivity index (χ1n) is 11.3. The molecule has 3 aliphatic heterocycles. The van der Waals surface area contributed by atoms with Gasteiger partial charge in [-0.1, -0.05) is 18.2 Å². The van der Waals surface area contributed by atoms with Gasteiger partial charge in [-0.05, 0) is 88.8 Å². The summed E-state index contributed by atoms with van der Waals surface area (Å²) in [7, 11) is 2.24. The summed E-state index contributed by atoms with van der Waals surface area (Å²) in [5.41, 5.74) is 3.10. The first-order valence-corrected chi connectivity index (χ1v) is 11.3. The average Bonchev–Trinajstić information content (AvgIpc) is 3.13. The van der Waals surface area contributed by atoms with Gasteiger partial charge in [0.25, 0.3) is 0 Å². The SMILES string of the molecule is CC(C(=O)N1CCn2c(cc3ccccc32)C1)N1CCC2(CCN(C)CC2)CC1. The summed E-state index contributed by atoms with van der Waals surface area (Å²) in [5.74, 6) is 0.306. The Morgan fingerprint density at radius 3 is 2.41 bits per heavy atom. The van der Waals surface area contributed by atoms with E-state index in [1.807, 2.05) is 0 Å². The Morgan fingerprint density at radius 2 is 1.66 bits per heavy atom. The topological polar surface area (TPSA) is 31.7 Å². The smallest absolute Gasteiger partial charge is 0.240 e. The Labute approximate surface area is 174 Å². The summed E-state index contributed by atoms with van der Waals surface area (Å²) in [6.45, 7) is 9.19. The molecular weight excluding hydrogens is 360 g/mol. The Bertz CT molecular complexity index is 885. The minimum atomic E-state index is -0.00505.